The highest BCUT2D eigenvalue weighted by molar-refractivity contribution is 7.98. The first-order valence-corrected chi connectivity index (χ1v) is 8.97. The van der Waals surface area contributed by atoms with Crippen molar-refractivity contribution in [2.75, 3.05) is 0 Å². The number of hydrogen-bond acceptors (Lipinski definition) is 4. The quantitative estimate of drug-likeness (QED) is 0.440. The second kappa shape index (κ2) is 7.66. The number of aromatic nitrogens is 2. The molecule has 0 bridgehead atoms. The molecule has 0 fully saturated rings. The standard InChI is InChI=1S/C20H19FN2OS/c1-13-7-6-10-18(15(13)3)24-19-11-14(2)22-20(23-19)25-12-16-8-4-5-9-17(16)21/h4-11H,12H2,1-3H3. The first-order valence-electron chi connectivity index (χ1n) is 7.99. The number of benzene rings is 2. The van der Waals surface area contributed by atoms with Crippen LogP contribution in [0.25, 0.3) is 0 Å². The van der Waals surface area contributed by atoms with Crippen molar-refractivity contribution in [1.82, 2.24) is 9.97 Å². The van der Waals surface area contributed by atoms with Crippen LogP contribution >= 0.6 is 11.8 Å². The van der Waals surface area contributed by atoms with Gasteiger partial charge in [0.05, 0.1) is 0 Å². The van der Waals surface area contributed by atoms with Gasteiger partial charge in [0, 0.05) is 17.5 Å². The number of thioether (sulfide) groups is 1. The van der Waals surface area contributed by atoms with E-state index >= 15 is 0 Å². The van der Waals surface area contributed by atoms with Gasteiger partial charge in [-0.2, -0.15) is 4.98 Å². The lowest BCUT2D eigenvalue weighted by atomic mass is 10.1. The molecule has 0 aliphatic heterocycles. The number of halogens is 1. The minimum atomic E-state index is -0.213. The Morgan fingerprint density at radius 1 is 1.00 bits per heavy atom. The number of nitrogens with zero attached hydrogens (tertiary/aromatic N) is 2. The van der Waals surface area contributed by atoms with Crippen LogP contribution < -0.4 is 4.74 Å². The summed E-state index contributed by atoms with van der Waals surface area (Å²) in [4.78, 5) is 8.86. The molecule has 0 aliphatic carbocycles. The van der Waals surface area contributed by atoms with Gasteiger partial charge in [-0.15, -0.1) is 0 Å². The van der Waals surface area contributed by atoms with E-state index in [9.17, 15) is 4.39 Å². The SMILES string of the molecule is Cc1cc(Oc2cccc(C)c2C)nc(SCc2ccccc2F)n1. The monoisotopic (exact) mass is 354 g/mol. The molecule has 3 aromatic rings. The fourth-order valence-corrected chi connectivity index (χ4v) is 3.22. The third-order valence-electron chi connectivity index (χ3n) is 3.89. The predicted octanol–water partition coefficient (Wildman–Crippen LogP) is 5.63. The normalized spacial score (nSPS) is 10.7. The van der Waals surface area contributed by atoms with Crippen LogP contribution in [0.5, 0.6) is 11.6 Å². The zero-order chi connectivity index (χ0) is 17.8. The third kappa shape index (κ3) is 4.37. The van der Waals surface area contributed by atoms with E-state index in [1.165, 1.54) is 17.8 Å². The highest BCUT2D eigenvalue weighted by atomic mass is 32.2. The molecule has 0 unspecified atom stereocenters. The molecule has 3 nitrogen and oxygen atoms in total. The van der Waals surface area contributed by atoms with E-state index in [0.717, 1.165) is 22.6 Å². The molecule has 0 aliphatic rings. The molecule has 0 atom stereocenters. The zero-order valence-electron chi connectivity index (χ0n) is 14.4. The maximum atomic E-state index is 13.7. The molecule has 3 rings (SSSR count). The van der Waals surface area contributed by atoms with Gasteiger partial charge < -0.3 is 4.74 Å². The number of aryl methyl sites for hydroxylation is 2. The van der Waals surface area contributed by atoms with Crippen LogP contribution in [0.4, 0.5) is 4.39 Å². The van der Waals surface area contributed by atoms with Gasteiger partial charge in [-0.1, -0.05) is 42.1 Å². The topological polar surface area (TPSA) is 35.0 Å². The first-order chi connectivity index (χ1) is 12.0. The molecule has 1 heterocycles. The van der Waals surface area contributed by atoms with E-state index in [4.69, 9.17) is 4.74 Å². The Morgan fingerprint density at radius 3 is 2.60 bits per heavy atom. The minimum absolute atomic E-state index is 0.213. The van der Waals surface area contributed by atoms with E-state index in [0.29, 0.717) is 22.4 Å². The molecule has 5 heteroatoms. The lowest BCUT2D eigenvalue weighted by Crippen LogP contribution is -1.97. The summed E-state index contributed by atoms with van der Waals surface area (Å²) in [5, 5.41) is 0.573. The van der Waals surface area contributed by atoms with Crippen molar-refractivity contribution in [3.05, 3.63) is 76.7 Å². The van der Waals surface area contributed by atoms with E-state index < -0.39 is 0 Å². The number of hydrogen-bond donors (Lipinski definition) is 0. The van der Waals surface area contributed by atoms with E-state index in [2.05, 4.69) is 9.97 Å². The average molecular weight is 354 g/mol. The Labute approximate surface area is 151 Å². The lowest BCUT2D eigenvalue weighted by molar-refractivity contribution is 0.451. The van der Waals surface area contributed by atoms with Crippen molar-refractivity contribution in [3.63, 3.8) is 0 Å². The molecule has 1 aromatic heterocycles. The zero-order valence-corrected chi connectivity index (χ0v) is 15.2. The molecular formula is C20H19FN2OS. The van der Waals surface area contributed by atoms with Crippen LogP contribution in [-0.2, 0) is 5.75 Å². The van der Waals surface area contributed by atoms with Crippen LogP contribution in [0.15, 0.2) is 53.7 Å². The molecule has 0 spiro atoms. The number of ether oxygens (including phenoxy) is 1. The second-order valence-electron chi connectivity index (χ2n) is 5.81. The van der Waals surface area contributed by atoms with Crippen molar-refractivity contribution in [3.8, 4) is 11.6 Å². The largest absolute Gasteiger partial charge is 0.439 e. The lowest BCUT2D eigenvalue weighted by Gasteiger charge is -2.11. The number of rotatable bonds is 5. The average Bonchev–Trinajstić information content (AvgIpc) is 2.58. The van der Waals surface area contributed by atoms with Gasteiger partial charge >= 0.3 is 0 Å². The highest BCUT2D eigenvalue weighted by Crippen LogP contribution is 2.28. The van der Waals surface area contributed by atoms with Gasteiger partial charge in [-0.3, -0.25) is 0 Å². The summed E-state index contributed by atoms with van der Waals surface area (Å²) in [6, 6.07) is 14.5. The molecule has 0 saturated heterocycles. The molecular weight excluding hydrogens is 335 g/mol. The Bertz CT molecular complexity index is 899. The molecule has 25 heavy (non-hydrogen) atoms. The van der Waals surface area contributed by atoms with Crippen LogP contribution in [0.1, 0.15) is 22.4 Å². The fraction of sp³-hybridized carbons (Fsp3) is 0.200. The summed E-state index contributed by atoms with van der Waals surface area (Å²) < 4.78 is 19.7. The second-order valence-corrected chi connectivity index (χ2v) is 6.75. The molecule has 0 radical (unpaired) electrons. The van der Waals surface area contributed by atoms with Crippen molar-refractivity contribution < 1.29 is 9.13 Å². The maximum absolute atomic E-state index is 13.7. The summed E-state index contributed by atoms with van der Waals surface area (Å²) in [5.74, 6) is 1.54. The Kier molecular flexibility index (Phi) is 5.34. The molecule has 128 valence electrons. The van der Waals surface area contributed by atoms with Gasteiger partial charge in [-0.05, 0) is 49.6 Å². The fourth-order valence-electron chi connectivity index (χ4n) is 2.34. The Morgan fingerprint density at radius 2 is 1.80 bits per heavy atom. The minimum Gasteiger partial charge on any atom is -0.439 e. The van der Waals surface area contributed by atoms with Gasteiger partial charge in [-0.25, -0.2) is 9.37 Å². The highest BCUT2D eigenvalue weighted by Gasteiger charge is 2.09. The molecule has 2 aromatic carbocycles. The van der Waals surface area contributed by atoms with Gasteiger partial charge in [0.2, 0.25) is 5.88 Å². The molecule has 0 N–H and O–H groups in total. The van der Waals surface area contributed by atoms with Crippen LogP contribution in [-0.4, -0.2) is 9.97 Å². The summed E-state index contributed by atoms with van der Waals surface area (Å²) in [6.07, 6.45) is 0. The van der Waals surface area contributed by atoms with Crippen molar-refractivity contribution in [2.24, 2.45) is 0 Å². The summed E-state index contributed by atoms with van der Waals surface area (Å²) in [5.41, 5.74) is 3.69. The van der Waals surface area contributed by atoms with Crippen LogP contribution in [0.2, 0.25) is 0 Å². The smallest absolute Gasteiger partial charge is 0.223 e. The van der Waals surface area contributed by atoms with Crippen LogP contribution in [0, 0.1) is 26.6 Å². The van der Waals surface area contributed by atoms with E-state index in [-0.39, 0.29) is 5.82 Å². The van der Waals surface area contributed by atoms with Gasteiger partial charge in [0.25, 0.3) is 0 Å². The van der Waals surface area contributed by atoms with Crippen molar-refractivity contribution in [2.45, 2.75) is 31.7 Å². The molecule has 0 amide bonds. The Balaban J connectivity index is 1.78. The summed E-state index contributed by atoms with van der Waals surface area (Å²) in [6.45, 7) is 5.96. The van der Waals surface area contributed by atoms with Crippen LogP contribution in [0.3, 0.4) is 0 Å². The van der Waals surface area contributed by atoms with Crippen molar-refractivity contribution >= 4 is 11.8 Å². The maximum Gasteiger partial charge on any atom is 0.223 e. The van der Waals surface area contributed by atoms with Gasteiger partial charge in [0.15, 0.2) is 5.16 Å². The van der Waals surface area contributed by atoms with Gasteiger partial charge in [0.1, 0.15) is 11.6 Å². The van der Waals surface area contributed by atoms with Crippen molar-refractivity contribution in [1.29, 1.82) is 0 Å². The summed E-state index contributed by atoms with van der Waals surface area (Å²) >= 11 is 1.39. The van der Waals surface area contributed by atoms with E-state index in [1.807, 2.05) is 45.0 Å². The Hall–Kier alpha value is -2.40. The summed E-state index contributed by atoms with van der Waals surface area (Å²) in [7, 11) is 0. The molecule has 0 saturated carbocycles. The first kappa shape index (κ1) is 17.4. The third-order valence-corrected chi connectivity index (χ3v) is 4.79. The van der Waals surface area contributed by atoms with E-state index in [1.54, 1.807) is 18.2 Å². The predicted molar refractivity (Wildman–Crippen MR) is 98.7 cm³/mol.